The number of quaternary nitrogens is 1. The number of carbonyl (C=O) groups excluding carboxylic acids is 1. The van der Waals surface area contributed by atoms with Gasteiger partial charge < -0.3 is 5.01 Å². The van der Waals surface area contributed by atoms with E-state index in [-0.39, 0.29) is 6.04 Å². The van der Waals surface area contributed by atoms with E-state index in [0.717, 1.165) is 24.4 Å². The summed E-state index contributed by atoms with van der Waals surface area (Å²) >= 11 is 0. The van der Waals surface area contributed by atoms with E-state index in [1.807, 2.05) is 0 Å². The van der Waals surface area contributed by atoms with E-state index >= 15 is 0 Å². The lowest BCUT2D eigenvalue weighted by molar-refractivity contribution is -0.903. The van der Waals surface area contributed by atoms with E-state index in [2.05, 4.69) is 12.5 Å². The van der Waals surface area contributed by atoms with Crippen LogP contribution in [0.3, 0.4) is 0 Å². The van der Waals surface area contributed by atoms with Crippen molar-refractivity contribution >= 4 is 5.78 Å². The Morgan fingerprint density at radius 3 is 3.20 bits per heavy atom. The Labute approximate surface area is 60.4 Å². The topological polar surface area (TPSA) is 33.5 Å². The molecule has 3 nitrogen and oxygen atoms in total. The summed E-state index contributed by atoms with van der Waals surface area (Å²) in [6.45, 7) is 0.967. The average Bonchev–Trinajstić information content (AvgIpc) is 2.40. The third kappa shape index (κ3) is 0.707. The number of Topliss-reactive ketones (excluding diaryl/α,β-unsaturated/α-hetero) is 1. The molecule has 0 amide bonds. The Hall–Kier alpha value is -0.410. The number of ketones is 1. The number of nitrogens with one attached hydrogen (secondary N) is 2. The molecule has 3 unspecified atom stereocenters. The van der Waals surface area contributed by atoms with Crippen LogP contribution in [0.4, 0.5) is 0 Å². The molecular formula is C7H12N2O. The molecule has 0 aromatic heterocycles. The summed E-state index contributed by atoms with van der Waals surface area (Å²) in [6.07, 6.45) is 1.84. The minimum atomic E-state index is 0.167. The van der Waals surface area contributed by atoms with Crippen LogP contribution in [0.5, 0.6) is 0 Å². The first-order valence-electron chi connectivity index (χ1n) is 3.74. The van der Waals surface area contributed by atoms with Gasteiger partial charge in [-0.3, -0.25) is 4.79 Å². The predicted molar refractivity (Wildman–Crippen MR) is 35.8 cm³/mol. The molecule has 1 aliphatic carbocycles. The van der Waals surface area contributed by atoms with Gasteiger partial charge in [-0.05, 0) is 6.42 Å². The Morgan fingerprint density at radius 2 is 2.50 bits per heavy atom. The molecule has 10 heavy (non-hydrogen) atoms. The molecule has 1 aliphatic heterocycles. The molecule has 56 valence electrons. The molecule has 0 spiro atoms. The molecule has 0 radical (unpaired) electrons. The van der Waals surface area contributed by atoms with Gasteiger partial charge in [0.1, 0.15) is 6.04 Å². The lowest BCUT2D eigenvalue weighted by Crippen LogP contribution is -3.15. The minimum Gasteiger partial charge on any atom is -0.379 e. The first kappa shape index (κ1) is 6.31. The highest BCUT2D eigenvalue weighted by atomic mass is 16.1. The van der Waals surface area contributed by atoms with Crippen molar-refractivity contribution in [3.8, 4) is 0 Å². The molecule has 2 N–H and O–H groups in total. The zero-order valence-electron chi connectivity index (χ0n) is 5.89. The van der Waals surface area contributed by atoms with E-state index in [9.17, 15) is 4.79 Å². The van der Waals surface area contributed by atoms with Crippen LogP contribution >= 0.6 is 0 Å². The molecule has 1 saturated carbocycles. The van der Waals surface area contributed by atoms with Crippen LogP contribution in [0.15, 0.2) is 0 Å². The predicted octanol–water partition coefficient (Wildman–Crippen LogP) is -1.47. The fourth-order valence-electron chi connectivity index (χ4n) is 1.98. The Morgan fingerprint density at radius 1 is 1.70 bits per heavy atom. The molecule has 3 atom stereocenters. The molecule has 0 bridgehead atoms. The van der Waals surface area contributed by atoms with Crippen LogP contribution < -0.4 is 10.4 Å². The first-order valence-corrected chi connectivity index (χ1v) is 3.74. The van der Waals surface area contributed by atoms with Crippen molar-refractivity contribution in [3.05, 3.63) is 7.05 Å². The quantitative estimate of drug-likeness (QED) is 0.403. The summed E-state index contributed by atoms with van der Waals surface area (Å²) in [5, 5.41) is 0.951. The number of hydrogen-bond donors (Lipinski definition) is 2. The Kier molecular flexibility index (Phi) is 1.28. The van der Waals surface area contributed by atoms with Crippen LogP contribution in [-0.2, 0) is 4.79 Å². The molecule has 3 heteroatoms. The number of carbonyl (C=O) groups is 1. The van der Waals surface area contributed by atoms with Crippen LogP contribution in [0, 0.1) is 13.0 Å². The standard InChI is InChI=1S/C7H12N2O/c1-9-7-5(4-8-9)2-3-6(7)10/h5,7-9H,1-4H2. The van der Waals surface area contributed by atoms with Crippen molar-refractivity contribution in [2.75, 3.05) is 6.54 Å². The zero-order valence-corrected chi connectivity index (χ0v) is 5.89. The summed E-state index contributed by atoms with van der Waals surface area (Å²) in [4.78, 5) is 11.2. The molecule has 1 saturated heterocycles. The second kappa shape index (κ2) is 2.04. The summed E-state index contributed by atoms with van der Waals surface area (Å²) in [6, 6.07) is 0.167. The summed E-state index contributed by atoms with van der Waals surface area (Å²) < 4.78 is 0. The average molecular weight is 140 g/mol. The van der Waals surface area contributed by atoms with Gasteiger partial charge in [-0.15, -0.1) is 7.05 Å². The van der Waals surface area contributed by atoms with Crippen molar-refractivity contribution in [2.45, 2.75) is 18.9 Å². The van der Waals surface area contributed by atoms with Gasteiger partial charge in [0.2, 0.25) is 0 Å². The minimum absolute atomic E-state index is 0.167. The van der Waals surface area contributed by atoms with E-state index in [1.165, 1.54) is 0 Å². The van der Waals surface area contributed by atoms with Crippen LogP contribution in [0.1, 0.15) is 12.8 Å². The summed E-state index contributed by atoms with van der Waals surface area (Å²) in [5.41, 5.74) is 3.14. The normalized spacial score (nSPS) is 46.1. The van der Waals surface area contributed by atoms with E-state index < -0.39 is 0 Å². The van der Waals surface area contributed by atoms with Crippen LogP contribution in [0.25, 0.3) is 0 Å². The van der Waals surface area contributed by atoms with Crippen molar-refractivity contribution < 1.29 is 9.80 Å². The zero-order chi connectivity index (χ0) is 7.14. The highest BCUT2D eigenvalue weighted by Gasteiger charge is 2.43. The monoisotopic (exact) mass is 140 g/mol. The molecule has 0 aromatic carbocycles. The van der Waals surface area contributed by atoms with Gasteiger partial charge in [-0.2, -0.15) is 5.43 Å². The maximum absolute atomic E-state index is 11.2. The molecular weight excluding hydrogens is 128 g/mol. The highest BCUT2D eigenvalue weighted by molar-refractivity contribution is 5.85. The summed E-state index contributed by atoms with van der Waals surface area (Å²) in [7, 11) is 3.82. The second-order valence-corrected chi connectivity index (χ2v) is 3.15. The maximum atomic E-state index is 11.2. The van der Waals surface area contributed by atoms with Gasteiger partial charge >= 0.3 is 0 Å². The van der Waals surface area contributed by atoms with Gasteiger partial charge in [0.15, 0.2) is 5.78 Å². The smallest absolute Gasteiger partial charge is 0.189 e. The van der Waals surface area contributed by atoms with Gasteiger partial charge in [-0.1, -0.05) is 0 Å². The molecule has 2 aliphatic rings. The van der Waals surface area contributed by atoms with Crippen molar-refractivity contribution in [2.24, 2.45) is 5.92 Å². The van der Waals surface area contributed by atoms with Gasteiger partial charge in [0.05, 0.1) is 6.54 Å². The SMILES string of the molecule is [CH2-][NH+]1NCC2CCC(=O)C21. The third-order valence-corrected chi connectivity index (χ3v) is 2.55. The van der Waals surface area contributed by atoms with Gasteiger partial charge in [0, 0.05) is 12.3 Å². The Balaban J connectivity index is 2.19. The maximum Gasteiger partial charge on any atom is 0.189 e. The second-order valence-electron chi connectivity index (χ2n) is 3.15. The van der Waals surface area contributed by atoms with E-state index in [0.29, 0.717) is 11.7 Å². The number of hydrogen-bond acceptors (Lipinski definition) is 2. The highest BCUT2D eigenvalue weighted by Crippen LogP contribution is 2.21. The van der Waals surface area contributed by atoms with E-state index in [1.54, 1.807) is 0 Å². The first-order chi connectivity index (χ1) is 4.79. The van der Waals surface area contributed by atoms with Crippen molar-refractivity contribution in [1.29, 1.82) is 0 Å². The van der Waals surface area contributed by atoms with Gasteiger partial charge in [-0.25, -0.2) is 0 Å². The fraction of sp³-hybridized carbons (Fsp3) is 0.714. The van der Waals surface area contributed by atoms with Crippen LogP contribution in [0.2, 0.25) is 0 Å². The molecule has 2 fully saturated rings. The third-order valence-electron chi connectivity index (χ3n) is 2.55. The number of rotatable bonds is 0. The fourth-order valence-corrected chi connectivity index (χ4v) is 1.98. The van der Waals surface area contributed by atoms with Crippen LogP contribution in [-0.4, -0.2) is 18.4 Å². The number of fused-ring (bicyclic) bond motifs is 1. The lowest BCUT2D eigenvalue weighted by atomic mass is 10.1. The van der Waals surface area contributed by atoms with Gasteiger partial charge in [0.25, 0.3) is 0 Å². The summed E-state index contributed by atoms with van der Waals surface area (Å²) in [5.74, 6) is 0.958. The van der Waals surface area contributed by atoms with Crippen molar-refractivity contribution in [3.63, 3.8) is 0 Å². The molecule has 2 rings (SSSR count). The van der Waals surface area contributed by atoms with E-state index in [4.69, 9.17) is 0 Å². The Bertz CT molecular complexity index is 169. The molecule has 1 heterocycles. The lowest BCUT2D eigenvalue weighted by Gasteiger charge is -2.18. The van der Waals surface area contributed by atoms with Crippen molar-refractivity contribution in [1.82, 2.24) is 5.43 Å². The largest absolute Gasteiger partial charge is 0.379 e. The molecule has 0 aromatic rings.